The quantitative estimate of drug-likeness (QED) is 0.870. The van der Waals surface area contributed by atoms with Crippen molar-refractivity contribution < 1.29 is 14.3 Å². The molecule has 0 spiro atoms. The molecule has 1 N–H and O–H groups in total. The first kappa shape index (κ1) is 14.7. The number of carbonyl (C=O) groups excluding carboxylic acids is 1. The molecular weight excluding hydrogens is 269 g/mol. The van der Waals surface area contributed by atoms with Crippen molar-refractivity contribution >= 4 is 5.78 Å². The Hall–Kier alpha value is -1.26. The Morgan fingerprint density at radius 1 is 1.29 bits per heavy atom. The maximum atomic E-state index is 12.9. The van der Waals surface area contributed by atoms with Crippen LogP contribution in [0.1, 0.15) is 42.5 Å². The minimum Gasteiger partial charge on any atom is -0.390 e. The van der Waals surface area contributed by atoms with Crippen molar-refractivity contribution in [1.29, 1.82) is 0 Å². The summed E-state index contributed by atoms with van der Waals surface area (Å²) >= 11 is 0. The van der Waals surface area contributed by atoms with Crippen LogP contribution in [0.25, 0.3) is 0 Å². The Morgan fingerprint density at radius 2 is 2.05 bits per heavy atom. The lowest BCUT2D eigenvalue weighted by Gasteiger charge is -2.47. The van der Waals surface area contributed by atoms with Crippen molar-refractivity contribution in [3.8, 4) is 0 Å². The van der Waals surface area contributed by atoms with Crippen LogP contribution in [0.4, 0.5) is 4.39 Å². The molecule has 2 fully saturated rings. The number of hydrogen-bond acceptors (Lipinski definition) is 3. The SMILES string of the molecule is O=C(CN1CCC2(O)CCCCC2C1)c1ccc(F)cc1. The van der Waals surface area contributed by atoms with Crippen LogP contribution in [0.15, 0.2) is 24.3 Å². The summed E-state index contributed by atoms with van der Waals surface area (Å²) in [5.74, 6) is -0.00550. The minimum absolute atomic E-state index is 0.0243. The highest BCUT2D eigenvalue weighted by atomic mass is 19.1. The molecule has 2 atom stereocenters. The first-order valence-electron chi connectivity index (χ1n) is 7.80. The van der Waals surface area contributed by atoms with E-state index in [9.17, 15) is 14.3 Å². The number of benzene rings is 1. The Bertz CT molecular complexity index is 516. The summed E-state index contributed by atoms with van der Waals surface area (Å²) in [7, 11) is 0. The molecule has 1 saturated carbocycles. The fourth-order valence-corrected chi connectivity index (χ4v) is 3.71. The molecule has 21 heavy (non-hydrogen) atoms. The van der Waals surface area contributed by atoms with E-state index in [1.165, 1.54) is 18.6 Å². The average molecular weight is 291 g/mol. The third kappa shape index (κ3) is 3.16. The van der Waals surface area contributed by atoms with E-state index in [1.54, 1.807) is 12.1 Å². The van der Waals surface area contributed by atoms with Gasteiger partial charge in [-0.25, -0.2) is 4.39 Å². The monoisotopic (exact) mass is 291 g/mol. The number of ketones is 1. The number of nitrogens with zero attached hydrogens (tertiary/aromatic N) is 1. The summed E-state index contributed by atoms with van der Waals surface area (Å²) in [5.41, 5.74) is 0.0501. The molecule has 1 aromatic rings. The maximum Gasteiger partial charge on any atom is 0.176 e. The lowest BCUT2D eigenvalue weighted by atomic mass is 9.71. The molecule has 0 radical (unpaired) electrons. The smallest absolute Gasteiger partial charge is 0.176 e. The average Bonchev–Trinajstić information content (AvgIpc) is 2.48. The topological polar surface area (TPSA) is 40.5 Å². The third-order valence-corrected chi connectivity index (χ3v) is 5.05. The van der Waals surface area contributed by atoms with Crippen molar-refractivity contribution in [3.05, 3.63) is 35.6 Å². The molecule has 1 aliphatic carbocycles. The highest BCUT2D eigenvalue weighted by molar-refractivity contribution is 5.97. The predicted octanol–water partition coefficient (Wildman–Crippen LogP) is 2.64. The molecule has 1 aromatic carbocycles. The molecule has 0 bridgehead atoms. The minimum atomic E-state index is -0.506. The van der Waals surface area contributed by atoms with Gasteiger partial charge in [-0.15, -0.1) is 0 Å². The zero-order valence-electron chi connectivity index (χ0n) is 12.2. The second-order valence-corrected chi connectivity index (χ2v) is 6.46. The summed E-state index contributed by atoms with van der Waals surface area (Å²) in [4.78, 5) is 14.4. The summed E-state index contributed by atoms with van der Waals surface area (Å²) in [6.07, 6.45) is 5.00. The largest absolute Gasteiger partial charge is 0.390 e. The van der Waals surface area contributed by atoms with Gasteiger partial charge in [-0.05, 0) is 43.5 Å². The molecule has 0 aromatic heterocycles. The number of piperidine rings is 1. The number of Topliss-reactive ketones (excluding diaryl/α,β-unsaturated/α-hetero) is 1. The molecule has 0 amide bonds. The van der Waals surface area contributed by atoms with Crippen LogP contribution in [0.5, 0.6) is 0 Å². The first-order chi connectivity index (χ1) is 10.1. The fourth-order valence-electron chi connectivity index (χ4n) is 3.71. The van der Waals surface area contributed by atoms with E-state index in [1.807, 2.05) is 0 Å². The second-order valence-electron chi connectivity index (χ2n) is 6.46. The molecule has 4 heteroatoms. The number of halogens is 1. The van der Waals surface area contributed by atoms with Gasteiger partial charge in [0.1, 0.15) is 5.82 Å². The van der Waals surface area contributed by atoms with Gasteiger partial charge in [0.05, 0.1) is 12.1 Å². The Labute approximate surface area is 124 Å². The lowest BCUT2D eigenvalue weighted by molar-refractivity contribution is -0.0936. The standard InChI is InChI=1S/C17H22FNO2/c18-15-6-4-13(5-7-15)16(20)12-19-10-9-17(21)8-2-1-3-14(17)11-19/h4-7,14,21H,1-3,8-12H2. The molecule has 1 aliphatic heterocycles. The van der Waals surface area contributed by atoms with Gasteiger partial charge in [0, 0.05) is 24.6 Å². The van der Waals surface area contributed by atoms with Crippen molar-refractivity contribution in [3.63, 3.8) is 0 Å². The summed E-state index contributed by atoms with van der Waals surface area (Å²) in [6.45, 7) is 1.92. The van der Waals surface area contributed by atoms with Crippen molar-refractivity contribution in [2.75, 3.05) is 19.6 Å². The first-order valence-corrected chi connectivity index (χ1v) is 7.80. The normalized spacial score (nSPS) is 29.9. The van der Waals surface area contributed by atoms with Gasteiger partial charge < -0.3 is 5.11 Å². The van der Waals surface area contributed by atoms with E-state index in [-0.39, 0.29) is 11.6 Å². The Morgan fingerprint density at radius 3 is 2.81 bits per heavy atom. The Balaban J connectivity index is 1.61. The van der Waals surface area contributed by atoms with Crippen LogP contribution in [0, 0.1) is 11.7 Å². The fraction of sp³-hybridized carbons (Fsp3) is 0.588. The molecule has 2 unspecified atom stereocenters. The van der Waals surface area contributed by atoms with E-state index in [2.05, 4.69) is 4.90 Å². The van der Waals surface area contributed by atoms with Gasteiger partial charge >= 0.3 is 0 Å². The van der Waals surface area contributed by atoms with E-state index >= 15 is 0 Å². The van der Waals surface area contributed by atoms with Gasteiger partial charge in [0.2, 0.25) is 0 Å². The third-order valence-electron chi connectivity index (χ3n) is 5.05. The second kappa shape index (κ2) is 5.85. The van der Waals surface area contributed by atoms with Crippen LogP contribution < -0.4 is 0 Å². The summed E-state index contributed by atoms with van der Waals surface area (Å²) in [6, 6.07) is 5.73. The number of rotatable bonds is 3. The highest BCUT2D eigenvalue weighted by Gasteiger charge is 2.42. The van der Waals surface area contributed by atoms with Crippen LogP contribution in [0.2, 0.25) is 0 Å². The zero-order valence-corrected chi connectivity index (χ0v) is 12.2. The molecule has 2 aliphatic rings. The molecular formula is C17H22FNO2. The molecule has 3 nitrogen and oxygen atoms in total. The number of hydrogen-bond donors (Lipinski definition) is 1. The number of carbonyl (C=O) groups is 1. The number of likely N-dealkylation sites (tertiary alicyclic amines) is 1. The molecule has 114 valence electrons. The Kier molecular flexibility index (Phi) is 4.09. The van der Waals surface area contributed by atoms with Gasteiger partial charge in [0.25, 0.3) is 0 Å². The van der Waals surface area contributed by atoms with Gasteiger partial charge in [-0.3, -0.25) is 9.69 Å². The molecule has 3 rings (SSSR count). The van der Waals surface area contributed by atoms with Gasteiger partial charge in [-0.1, -0.05) is 12.8 Å². The highest BCUT2D eigenvalue weighted by Crippen LogP contribution is 2.39. The summed E-state index contributed by atoms with van der Waals surface area (Å²) < 4.78 is 12.9. The van der Waals surface area contributed by atoms with Gasteiger partial charge in [0.15, 0.2) is 5.78 Å². The lowest BCUT2D eigenvalue weighted by Crippen LogP contribution is -2.54. The van der Waals surface area contributed by atoms with Crippen molar-refractivity contribution in [2.24, 2.45) is 5.92 Å². The maximum absolute atomic E-state index is 12.9. The van der Waals surface area contributed by atoms with E-state index in [0.717, 1.165) is 38.8 Å². The molecule has 1 saturated heterocycles. The van der Waals surface area contributed by atoms with E-state index < -0.39 is 5.60 Å². The van der Waals surface area contributed by atoms with Crippen LogP contribution in [-0.2, 0) is 0 Å². The van der Waals surface area contributed by atoms with Gasteiger partial charge in [-0.2, -0.15) is 0 Å². The zero-order chi connectivity index (χ0) is 14.9. The van der Waals surface area contributed by atoms with Crippen molar-refractivity contribution in [1.82, 2.24) is 4.90 Å². The number of aliphatic hydroxyl groups is 1. The van der Waals surface area contributed by atoms with E-state index in [4.69, 9.17) is 0 Å². The van der Waals surface area contributed by atoms with Crippen LogP contribution >= 0.6 is 0 Å². The summed E-state index contributed by atoms with van der Waals surface area (Å²) in [5, 5.41) is 10.6. The van der Waals surface area contributed by atoms with E-state index in [0.29, 0.717) is 18.0 Å². The van der Waals surface area contributed by atoms with Crippen molar-refractivity contribution in [2.45, 2.75) is 37.7 Å². The van der Waals surface area contributed by atoms with Crippen LogP contribution in [-0.4, -0.2) is 41.0 Å². The van der Waals surface area contributed by atoms with Crippen LogP contribution in [0.3, 0.4) is 0 Å². The number of fused-ring (bicyclic) bond motifs is 1. The predicted molar refractivity (Wildman–Crippen MR) is 78.7 cm³/mol. The molecule has 1 heterocycles.